The van der Waals surface area contributed by atoms with Crippen molar-refractivity contribution < 1.29 is 9.90 Å². The van der Waals surface area contributed by atoms with Crippen LogP contribution >= 0.6 is 0 Å². The number of likely N-dealkylation sites (tertiary alicyclic amines) is 1. The van der Waals surface area contributed by atoms with Crippen molar-refractivity contribution in [1.29, 1.82) is 0 Å². The van der Waals surface area contributed by atoms with Gasteiger partial charge in [0, 0.05) is 30.4 Å². The normalized spacial score (nSPS) is 27.0. The zero-order valence-electron chi connectivity index (χ0n) is 12.9. The lowest BCUT2D eigenvalue weighted by atomic mass is 9.94. The molecule has 1 aromatic rings. The van der Waals surface area contributed by atoms with Gasteiger partial charge in [-0.05, 0) is 37.1 Å². The van der Waals surface area contributed by atoms with Crippen molar-refractivity contribution in [2.24, 2.45) is 0 Å². The average Bonchev–Trinajstić information content (AvgIpc) is 2.90. The zero-order valence-corrected chi connectivity index (χ0v) is 12.9. The predicted molar refractivity (Wildman–Crippen MR) is 86.6 cm³/mol. The number of benzene rings is 1. The van der Waals surface area contributed by atoms with E-state index in [2.05, 4.69) is 10.2 Å². The molecule has 0 spiro atoms. The molecule has 2 aliphatic rings. The van der Waals surface area contributed by atoms with Gasteiger partial charge in [0.15, 0.2) is 0 Å². The van der Waals surface area contributed by atoms with Crippen LogP contribution in [0, 0.1) is 0 Å². The summed E-state index contributed by atoms with van der Waals surface area (Å²) in [5.41, 5.74) is 6.86. The third kappa shape index (κ3) is 3.42. The molecule has 1 saturated heterocycles. The second kappa shape index (κ2) is 6.67. The number of hydrogen-bond donors (Lipinski definition) is 3. The summed E-state index contributed by atoms with van der Waals surface area (Å²) in [6, 6.07) is 7.24. The molecule has 5 heteroatoms. The number of β-amino-alcohol motifs (C(OH)–C–C–N with tert-alkyl or cyclic N) is 1. The van der Waals surface area contributed by atoms with E-state index in [1.54, 1.807) is 24.3 Å². The summed E-state index contributed by atoms with van der Waals surface area (Å²) < 4.78 is 0. The van der Waals surface area contributed by atoms with E-state index in [1.165, 1.54) is 32.1 Å². The van der Waals surface area contributed by atoms with Crippen molar-refractivity contribution in [3.8, 4) is 0 Å². The molecule has 1 heterocycles. The second-order valence-corrected chi connectivity index (χ2v) is 6.52. The fraction of sp³-hybridized carbons (Fsp3) is 0.588. The van der Waals surface area contributed by atoms with E-state index in [0.717, 1.165) is 6.54 Å². The van der Waals surface area contributed by atoms with E-state index in [0.29, 0.717) is 23.8 Å². The molecule has 2 fully saturated rings. The lowest BCUT2D eigenvalue weighted by Gasteiger charge is -2.30. The van der Waals surface area contributed by atoms with Gasteiger partial charge in [0.2, 0.25) is 0 Å². The van der Waals surface area contributed by atoms with Gasteiger partial charge in [0.1, 0.15) is 0 Å². The highest BCUT2D eigenvalue weighted by Crippen LogP contribution is 2.26. The second-order valence-electron chi connectivity index (χ2n) is 6.52. The Hall–Kier alpha value is -1.59. The molecule has 0 aromatic heterocycles. The van der Waals surface area contributed by atoms with Crippen LogP contribution in [0.4, 0.5) is 5.69 Å². The van der Waals surface area contributed by atoms with Crippen molar-refractivity contribution in [1.82, 2.24) is 10.2 Å². The highest BCUT2D eigenvalue weighted by atomic mass is 16.3. The number of carbonyl (C=O) groups is 1. The topological polar surface area (TPSA) is 78.6 Å². The van der Waals surface area contributed by atoms with E-state index < -0.39 is 6.10 Å². The van der Waals surface area contributed by atoms with E-state index >= 15 is 0 Å². The van der Waals surface area contributed by atoms with Gasteiger partial charge in [0.25, 0.3) is 5.91 Å². The molecule has 120 valence electrons. The van der Waals surface area contributed by atoms with Crippen LogP contribution in [-0.2, 0) is 0 Å². The summed E-state index contributed by atoms with van der Waals surface area (Å²) in [7, 11) is 0. The van der Waals surface area contributed by atoms with Crippen molar-refractivity contribution in [2.45, 2.75) is 50.3 Å². The molecule has 2 atom stereocenters. The van der Waals surface area contributed by atoms with Crippen molar-refractivity contribution in [3.63, 3.8) is 0 Å². The minimum atomic E-state index is -0.486. The summed E-state index contributed by atoms with van der Waals surface area (Å²) in [5, 5.41) is 13.2. The van der Waals surface area contributed by atoms with E-state index in [-0.39, 0.29) is 11.9 Å². The fourth-order valence-corrected chi connectivity index (χ4v) is 3.59. The monoisotopic (exact) mass is 303 g/mol. The lowest BCUT2D eigenvalue weighted by molar-refractivity contribution is 0.0887. The molecular formula is C17H25N3O2. The standard InChI is InChI=1S/C17H25N3O2/c18-13-8-6-12(7-9-13)17(22)19-15-10-20(11-16(15)21)14-4-2-1-3-5-14/h6-9,14-16,21H,1-5,10-11,18H2,(H,19,22)/t15-,16-/m1/s1. The molecule has 0 radical (unpaired) electrons. The Morgan fingerprint density at radius 1 is 1.14 bits per heavy atom. The lowest BCUT2D eigenvalue weighted by Crippen LogP contribution is -2.43. The number of aliphatic hydroxyl groups is 1. The summed E-state index contributed by atoms with van der Waals surface area (Å²) in [6.07, 6.45) is 5.82. The molecule has 1 aliphatic carbocycles. The third-order valence-electron chi connectivity index (χ3n) is 4.90. The van der Waals surface area contributed by atoms with Gasteiger partial charge in [0.05, 0.1) is 12.1 Å². The van der Waals surface area contributed by atoms with Gasteiger partial charge in [-0.15, -0.1) is 0 Å². The Morgan fingerprint density at radius 3 is 2.50 bits per heavy atom. The summed E-state index contributed by atoms with van der Waals surface area (Å²) in [5.74, 6) is -0.144. The number of anilines is 1. The van der Waals surface area contributed by atoms with Crippen molar-refractivity contribution >= 4 is 11.6 Å². The van der Waals surface area contributed by atoms with Crippen LogP contribution < -0.4 is 11.1 Å². The molecule has 0 bridgehead atoms. The first-order chi connectivity index (χ1) is 10.6. The maximum atomic E-state index is 12.3. The number of nitrogens with two attached hydrogens (primary N) is 1. The molecular weight excluding hydrogens is 278 g/mol. The van der Waals surface area contributed by atoms with Gasteiger partial charge in [-0.3, -0.25) is 9.69 Å². The molecule has 3 rings (SSSR count). The highest BCUT2D eigenvalue weighted by molar-refractivity contribution is 5.94. The SMILES string of the molecule is Nc1ccc(C(=O)N[C@@H]2CN(C3CCCCC3)C[C@H]2O)cc1. The fourth-order valence-electron chi connectivity index (χ4n) is 3.59. The average molecular weight is 303 g/mol. The van der Waals surface area contributed by atoms with Gasteiger partial charge in [-0.2, -0.15) is 0 Å². The predicted octanol–water partition coefficient (Wildman–Crippen LogP) is 1.38. The van der Waals surface area contributed by atoms with E-state index in [9.17, 15) is 9.90 Å². The van der Waals surface area contributed by atoms with Crippen molar-refractivity contribution in [2.75, 3.05) is 18.8 Å². The first-order valence-electron chi connectivity index (χ1n) is 8.22. The number of rotatable bonds is 3. The Bertz CT molecular complexity index is 511. The van der Waals surface area contributed by atoms with E-state index in [4.69, 9.17) is 5.73 Å². The van der Waals surface area contributed by atoms with Gasteiger partial charge < -0.3 is 16.2 Å². The van der Waals surface area contributed by atoms with Crippen LogP contribution in [0.5, 0.6) is 0 Å². The summed E-state index contributed by atoms with van der Waals surface area (Å²) in [6.45, 7) is 1.41. The largest absolute Gasteiger partial charge is 0.399 e. The highest BCUT2D eigenvalue weighted by Gasteiger charge is 2.36. The Labute approximate surface area is 131 Å². The van der Waals surface area contributed by atoms with E-state index in [1.807, 2.05) is 0 Å². The van der Waals surface area contributed by atoms with Crippen LogP contribution in [0.1, 0.15) is 42.5 Å². The Morgan fingerprint density at radius 2 is 1.82 bits per heavy atom. The number of amides is 1. The molecule has 0 unspecified atom stereocenters. The maximum Gasteiger partial charge on any atom is 0.251 e. The molecule has 1 saturated carbocycles. The molecule has 1 amide bonds. The van der Waals surface area contributed by atoms with Crippen LogP contribution in [0.2, 0.25) is 0 Å². The Balaban J connectivity index is 1.58. The number of nitrogen functional groups attached to an aromatic ring is 1. The van der Waals surface area contributed by atoms with Gasteiger partial charge in [-0.1, -0.05) is 19.3 Å². The van der Waals surface area contributed by atoms with Crippen LogP contribution in [0.25, 0.3) is 0 Å². The summed E-state index contributed by atoms with van der Waals surface area (Å²) >= 11 is 0. The number of carbonyl (C=O) groups excluding carboxylic acids is 1. The molecule has 22 heavy (non-hydrogen) atoms. The quantitative estimate of drug-likeness (QED) is 0.737. The number of nitrogens with one attached hydrogen (secondary N) is 1. The van der Waals surface area contributed by atoms with Crippen LogP contribution in [0.3, 0.4) is 0 Å². The minimum absolute atomic E-state index is 0.144. The molecule has 1 aromatic carbocycles. The first kappa shape index (κ1) is 15.3. The minimum Gasteiger partial charge on any atom is -0.399 e. The number of hydrogen-bond acceptors (Lipinski definition) is 4. The molecule has 5 nitrogen and oxygen atoms in total. The Kier molecular flexibility index (Phi) is 4.64. The van der Waals surface area contributed by atoms with Gasteiger partial charge in [-0.25, -0.2) is 0 Å². The molecule has 1 aliphatic heterocycles. The third-order valence-corrected chi connectivity index (χ3v) is 4.90. The van der Waals surface area contributed by atoms with Crippen LogP contribution in [-0.4, -0.2) is 47.2 Å². The first-order valence-corrected chi connectivity index (χ1v) is 8.22. The number of aliphatic hydroxyl groups excluding tert-OH is 1. The maximum absolute atomic E-state index is 12.3. The van der Waals surface area contributed by atoms with Crippen molar-refractivity contribution in [3.05, 3.63) is 29.8 Å². The summed E-state index contributed by atoms with van der Waals surface area (Å²) in [4.78, 5) is 14.6. The van der Waals surface area contributed by atoms with Crippen LogP contribution in [0.15, 0.2) is 24.3 Å². The number of nitrogens with zero attached hydrogens (tertiary/aromatic N) is 1. The van der Waals surface area contributed by atoms with Gasteiger partial charge >= 0.3 is 0 Å². The smallest absolute Gasteiger partial charge is 0.251 e. The zero-order chi connectivity index (χ0) is 15.5. The molecule has 4 N–H and O–H groups in total.